The maximum absolute atomic E-state index is 12.2. The molecule has 0 amide bonds. The van der Waals surface area contributed by atoms with E-state index in [0.29, 0.717) is 46.1 Å². The molecule has 0 aliphatic heterocycles. The highest BCUT2D eigenvalue weighted by atomic mass is 33.1. The molecule has 4 nitrogen and oxygen atoms in total. The largest absolute Gasteiger partial charge is 0.387 e. The van der Waals surface area contributed by atoms with Gasteiger partial charge in [-0.25, -0.2) is 0 Å². The van der Waals surface area contributed by atoms with E-state index in [1.165, 1.54) is 0 Å². The highest BCUT2D eigenvalue weighted by molar-refractivity contribution is 8.76. The van der Waals surface area contributed by atoms with Crippen molar-refractivity contribution in [3.63, 3.8) is 0 Å². The van der Waals surface area contributed by atoms with Crippen LogP contribution in [0.25, 0.3) is 0 Å². The average Bonchev–Trinajstić information content (AvgIpc) is 3.16. The second kappa shape index (κ2) is 7.91. The van der Waals surface area contributed by atoms with Crippen molar-refractivity contribution in [2.24, 2.45) is 34.5 Å². The lowest BCUT2D eigenvalue weighted by molar-refractivity contribution is -0.116. The molecule has 4 atom stereocenters. The number of ketones is 2. The van der Waals surface area contributed by atoms with Crippen LogP contribution in [0.3, 0.4) is 0 Å². The molecule has 4 unspecified atom stereocenters. The topological polar surface area (TPSA) is 58.2 Å². The minimum absolute atomic E-state index is 0.316. The standard InChI is InChI=1S/C24H36N2O2S2/c1-13(19-17(27)11-15-21(19)23(15,3)4)25-7-9-29-30-10-8-26-14(2)20-18(28)12-16-22(20)24(16,5)6/h15-16,21-22,25-26H,7-12H2,1-6H3. The Balaban J connectivity index is 1.12. The van der Waals surface area contributed by atoms with Gasteiger partial charge in [-0.3, -0.25) is 9.59 Å². The molecule has 4 fully saturated rings. The molecule has 0 saturated heterocycles. The van der Waals surface area contributed by atoms with Crippen LogP contribution in [0.1, 0.15) is 54.4 Å². The molecule has 0 aromatic carbocycles. The number of fused-ring (bicyclic) bond motifs is 2. The molecule has 0 bridgehead atoms. The van der Waals surface area contributed by atoms with E-state index in [1.54, 1.807) is 0 Å². The fourth-order valence-corrected chi connectivity index (χ4v) is 7.93. The zero-order valence-corrected chi connectivity index (χ0v) is 20.8. The van der Waals surface area contributed by atoms with Crippen LogP contribution in [0.5, 0.6) is 0 Å². The van der Waals surface area contributed by atoms with Gasteiger partial charge in [0.15, 0.2) is 11.6 Å². The molecule has 2 N–H and O–H groups in total. The molecular formula is C24H36N2O2S2. The molecule has 4 rings (SSSR count). The highest BCUT2D eigenvalue weighted by Gasteiger charge is 2.66. The summed E-state index contributed by atoms with van der Waals surface area (Å²) in [4.78, 5) is 24.5. The van der Waals surface area contributed by atoms with E-state index in [2.05, 4.69) is 52.2 Å². The summed E-state index contributed by atoms with van der Waals surface area (Å²) in [5.74, 6) is 4.84. The molecule has 0 aromatic heterocycles. The van der Waals surface area contributed by atoms with E-state index in [-0.39, 0.29) is 0 Å². The van der Waals surface area contributed by atoms with Gasteiger partial charge in [0.1, 0.15) is 0 Å². The number of rotatable bonds is 9. The number of hydrogen-bond acceptors (Lipinski definition) is 6. The first-order valence-corrected chi connectivity index (χ1v) is 13.8. The summed E-state index contributed by atoms with van der Waals surface area (Å²) in [6, 6.07) is 0. The van der Waals surface area contributed by atoms with Gasteiger partial charge in [0.25, 0.3) is 0 Å². The molecule has 0 spiro atoms. The Kier molecular flexibility index (Phi) is 5.89. The predicted octanol–water partition coefficient (Wildman–Crippen LogP) is 4.59. The summed E-state index contributed by atoms with van der Waals surface area (Å²) in [6.45, 7) is 15.1. The lowest BCUT2D eigenvalue weighted by Gasteiger charge is -2.15. The van der Waals surface area contributed by atoms with Crippen molar-refractivity contribution in [1.29, 1.82) is 0 Å². The molecule has 4 saturated carbocycles. The summed E-state index contributed by atoms with van der Waals surface area (Å²) < 4.78 is 0. The summed E-state index contributed by atoms with van der Waals surface area (Å²) >= 11 is 0. The number of nitrogens with one attached hydrogen (secondary N) is 2. The number of hydrogen-bond donors (Lipinski definition) is 2. The van der Waals surface area contributed by atoms with Crippen LogP contribution in [0.2, 0.25) is 0 Å². The lowest BCUT2D eigenvalue weighted by atomic mass is 9.95. The summed E-state index contributed by atoms with van der Waals surface area (Å²) in [7, 11) is 3.73. The first-order valence-electron chi connectivity index (χ1n) is 11.3. The van der Waals surface area contributed by atoms with E-state index in [9.17, 15) is 9.59 Å². The summed E-state index contributed by atoms with van der Waals surface area (Å²) in [5.41, 5.74) is 4.95. The van der Waals surface area contributed by atoms with Crippen LogP contribution in [0.15, 0.2) is 22.5 Å². The zero-order chi connectivity index (χ0) is 21.8. The fraction of sp³-hybridized carbons (Fsp3) is 0.750. The highest BCUT2D eigenvalue weighted by Crippen LogP contribution is 2.68. The van der Waals surface area contributed by atoms with E-state index in [1.807, 2.05) is 21.6 Å². The van der Waals surface area contributed by atoms with Crippen molar-refractivity contribution in [3.8, 4) is 0 Å². The molecule has 4 aliphatic rings. The van der Waals surface area contributed by atoms with Crippen molar-refractivity contribution in [3.05, 3.63) is 22.5 Å². The number of carbonyl (C=O) groups is 2. The predicted molar refractivity (Wildman–Crippen MR) is 127 cm³/mol. The molecule has 166 valence electrons. The third-order valence-corrected chi connectivity index (χ3v) is 10.6. The van der Waals surface area contributed by atoms with Gasteiger partial charge < -0.3 is 10.6 Å². The minimum atomic E-state index is 0.316. The van der Waals surface area contributed by atoms with E-state index < -0.39 is 0 Å². The summed E-state index contributed by atoms with van der Waals surface area (Å²) in [6.07, 6.45) is 1.48. The third-order valence-electron chi connectivity index (χ3n) is 8.18. The number of Topliss-reactive ketones (excluding diaryl/α,β-unsaturated/α-hetero) is 2. The fourth-order valence-electron chi connectivity index (χ4n) is 6.12. The quantitative estimate of drug-likeness (QED) is 0.306. The van der Waals surface area contributed by atoms with Gasteiger partial charge in [0.2, 0.25) is 0 Å². The monoisotopic (exact) mass is 448 g/mol. The van der Waals surface area contributed by atoms with E-state index in [4.69, 9.17) is 0 Å². The van der Waals surface area contributed by atoms with Gasteiger partial charge in [0.05, 0.1) is 0 Å². The van der Waals surface area contributed by atoms with E-state index >= 15 is 0 Å². The van der Waals surface area contributed by atoms with Crippen LogP contribution in [0.4, 0.5) is 0 Å². The first-order chi connectivity index (χ1) is 14.1. The Labute approximate surface area is 189 Å². The molecule has 30 heavy (non-hydrogen) atoms. The van der Waals surface area contributed by atoms with Crippen molar-refractivity contribution in [1.82, 2.24) is 10.6 Å². The maximum Gasteiger partial charge on any atom is 0.161 e. The second-order valence-electron chi connectivity index (χ2n) is 10.6. The Morgan fingerprint density at radius 3 is 1.50 bits per heavy atom. The van der Waals surface area contributed by atoms with Gasteiger partial charge >= 0.3 is 0 Å². The Hall–Kier alpha value is -0.880. The first kappa shape index (κ1) is 22.3. The van der Waals surface area contributed by atoms with Gasteiger partial charge in [-0.2, -0.15) is 0 Å². The normalized spacial score (nSPS) is 35.7. The van der Waals surface area contributed by atoms with Gasteiger partial charge in [-0.15, -0.1) is 0 Å². The Morgan fingerprint density at radius 1 is 0.800 bits per heavy atom. The van der Waals surface area contributed by atoms with E-state index in [0.717, 1.165) is 60.0 Å². The summed E-state index contributed by atoms with van der Waals surface area (Å²) in [5, 5.41) is 6.96. The molecular weight excluding hydrogens is 412 g/mol. The van der Waals surface area contributed by atoms with Gasteiger partial charge in [-0.1, -0.05) is 49.3 Å². The zero-order valence-electron chi connectivity index (χ0n) is 19.2. The molecule has 0 heterocycles. The Bertz CT molecular complexity index is 759. The Morgan fingerprint density at radius 2 is 1.17 bits per heavy atom. The molecule has 6 heteroatoms. The SMILES string of the molecule is CC(NCCSSCCNC(C)=C1C(=O)CC2C1C2(C)C)=C1C(=O)CC2C1C2(C)C. The number of carbonyl (C=O) groups excluding carboxylic acids is 2. The maximum atomic E-state index is 12.2. The van der Waals surface area contributed by atoms with Crippen molar-refractivity contribution in [2.45, 2.75) is 54.4 Å². The van der Waals surface area contributed by atoms with Gasteiger partial charge in [0, 0.05) is 60.0 Å². The molecule has 4 aliphatic carbocycles. The third kappa shape index (κ3) is 3.76. The van der Waals surface area contributed by atoms with Crippen molar-refractivity contribution < 1.29 is 9.59 Å². The second-order valence-corrected chi connectivity index (χ2v) is 13.3. The van der Waals surface area contributed by atoms with Crippen LogP contribution in [-0.4, -0.2) is 36.2 Å². The van der Waals surface area contributed by atoms with Gasteiger partial charge in [-0.05, 0) is 48.3 Å². The van der Waals surface area contributed by atoms with Crippen LogP contribution in [0, 0.1) is 34.5 Å². The van der Waals surface area contributed by atoms with Crippen LogP contribution >= 0.6 is 21.6 Å². The molecule has 0 aromatic rings. The van der Waals surface area contributed by atoms with Crippen LogP contribution in [-0.2, 0) is 9.59 Å². The minimum Gasteiger partial charge on any atom is -0.387 e. The smallest absolute Gasteiger partial charge is 0.161 e. The van der Waals surface area contributed by atoms with Crippen molar-refractivity contribution >= 4 is 33.2 Å². The average molecular weight is 449 g/mol. The lowest BCUT2D eigenvalue weighted by Crippen LogP contribution is -2.21. The van der Waals surface area contributed by atoms with Crippen molar-refractivity contribution in [2.75, 3.05) is 24.6 Å². The molecule has 0 radical (unpaired) electrons. The van der Waals surface area contributed by atoms with Crippen LogP contribution < -0.4 is 10.6 Å². The number of allylic oxidation sites excluding steroid dienone is 4.